The van der Waals surface area contributed by atoms with Crippen LogP contribution in [-0.4, -0.2) is 70.2 Å². The molecule has 1 amide bonds. The molecular weight excluding hydrogens is 519 g/mol. The normalized spacial score (nSPS) is 17.3. The number of halogens is 1. The van der Waals surface area contributed by atoms with E-state index < -0.39 is 23.9 Å². The number of benzene rings is 2. The van der Waals surface area contributed by atoms with E-state index >= 15 is 0 Å². The zero-order chi connectivity index (χ0) is 28.6. The first-order valence-electron chi connectivity index (χ1n) is 12.9. The molecular formula is C28H33FN6O5. The minimum atomic E-state index is -1.22. The average Bonchev–Trinajstić information content (AvgIpc) is 3.54. The van der Waals surface area contributed by atoms with Crippen LogP contribution in [0.5, 0.6) is 17.2 Å². The number of rotatable bonds is 7. The van der Waals surface area contributed by atoms with Gasteiger partial charge < -0.3 is 24.3 Å². The van der Waals surface area contributed by atoms with Gasteiger partial charge in [0.1, 0.15) is 34.5 Å². The fourth-order valence-corrected chi connectivity index (χ4v) is 4.77. The summed E-state index contributed by atoms with van der Waals surface area (Å²) in [6.07, 6.45) is -1.76. The van der Waals surface area contributed by atoms with E-state index in [2.05, 4.69) is 5.32 Å². The number of anilines is 1. The Balaban J connectivity index is 1.58. The van der Waals surface area contributed by atoms with E-state index in [1.165, 1.54) is 4.90 Å². The van der Waals surface area contributed by atoms with Gasteiger partial charge in [-0.05, 0) is 45.0 Å². The van der Waals surface area contributed by atoms with Gasteiger partial charge in [0, 0.05) is 30.0 Å². The van der Waals surface area contributed by atoms with Crippen molar-refractivity contribution in [2.45, 2.75) is 51.6 Å². The van der Waals surface area contributed by atoms with Crippen molar-refractivity contribution in [2.75, 3.05) is 33.2 Å². The molecule has 2 atom stereocenters. The van der Waals surface area contributed by atoms with Gasteiger partial charge in [-0.1, -0.05) is 6.07 Å². The average molecular weight is 553 g/mol. The van der Waals surface area contributed by atoms with Crippen LogP contribution in [0.2, 0.25) is 0 Å². The first-order valence-corrected chi connectivity index (χ1v) is 12.9. The summed E-state index contributed by atoms with van der Waals surface area (Å²) in [6.45, 7) is 5.57. The predicted octanol–water partition coefficient (Wildman–Crippen LogP) is 4.94. The van der Waals surface area contributed by atoms with E-state index in [0.717, 1.165) is 5.56 Å². The van der Waals surface area contributed by atoms with Gasteiger partial charge in [-0.3, -0.25) is 4.90 Å². The Morgan fingerprint density at radius 1 is 1.07 bits per heavy atom. The molecule has 5 rings (SSSR count). The van der Waals surface area contributed by atoms with E-state index in [1.54, 1.807) is 52.7 Å². The minimum Gasteiger partial charge on any atom is -0.497 e. The SMILES string of the molecule is COc1ccc(CNc2nc3c(OC)cccc3c3nc([C@@H]4C[C@@H](F)CN4C(=O)OC(C)(C)C)nn23)c(OC)c1. The van der Waals surface area contributed by atoms with Crippen molar-refractivity contribution in [3.05, 3.63) is 47.8 Å². The van der Waals surface area contributed by atoms with Crippen LogP contribution >= 0.6 is 0 Å². The molecule has 11 nitrogen and oxygen atoms in total. The molecule has 0 spiro atoms. The summed E-state index contributed by atoms with van der Waals surface area (Å²) in [6, 6.07) is 10.4. The van der Waals surface area contributed by atoms with Gasteiger partial charge in [0.15, 0.2) is 11.5 Å². The monoisotopic (exact) mass is 552 g/mol. The van der Waals surface area contributed by atoms with Crippen LogP contribution in [0.25, 0.3) is 16.6 Å². The van der Waals surface area contributed by atoms with Gasteiger partial charge in [0.2, 0.25) is 5.95 Å². The molecule has 1 aliphatic rings. The third-order valence-corrected chi connectivity index (χ3v) is 6.61. The van der Waals surface area contributed by atoms with E-state index in [4.69, 9.17) is 34.0 Å². The lowest BCUT2D eigenvalue weighted by atomic mass is 10.2. The summed E-state index contributed by atoms with van der Waals surface area (Å²) < 4.78 is 38.2. The number of nitrogens with zero attached hydrogens (tertiary/aromatic N) is 5. The molecule has 0 bridgehead atoms. The summed E-state index contributed by atoms with van der Waals surface area (Å²) >= 11 is 0. The molecule has 1 aliphatic heterocycles. The highest BCUT2D eigenvalue weighted by Crippen LogP contribution is 2.36. The second-order valence-corrected chi connectivity index (χ2v) is 10.5. The van der Waals surface area contributed by atoms with Crippen LogP contribution in [0.1, 0.15) is 44.6 Å². The van der Waals surface area contributed by atoms with E-state index in [0.29, 0.717) is 52.1 Å². The topological polar surface area (TPSA) is 112 Å². The van der Waals surface area contributed by atoms with Crippen molar-refractivity contribution in [2.24, 2.45) is 0 Å². The quantitative estimate of drug-likeness (QED) is 0.341. The lowest BCUT2D eigenvalue weighted by Gasteiger charge is -2.27. The number of fused-ring (bicyclic) bond motifs is 3. The first-order chi connectivity index (χ1) is 19.1. The number of alkyl halides is 1. The van der Waals surface area contributed by atoms with Gasteiger partial charge in [0.25, 0.3) is 0 Å². The Kier molecular flexibility index (Phi) is 7.26. The summed E-state index contributed by atoms with van der Waals surface area (Å²) in [7, 11) is 4.76. The van der Waals surface area contributed by atoms with Crippen LogP contribution in [0, 0.1) is 0 Å². The van der Waals surface area contributed by atoms with Crippen LogP contribution < -0.4 is 19.5 Å². The smallest absolute Gasteiger partial charge is 0.411 e. The Hall–Kier alpha value is -4.35. The molecule has 2 aromatic heterocycles. The number of methoxy groups -OCH3 is 3. The fraction of sp³-hybridized carbons (Fsp3) is 0.429. The third-order valence-electron chi connectivity index (χ3n) is 6.61. The summed E-state index contributed by atoms with van der Waals surface area (Å²) in [5.41, 5.74) is 1.22. The van der Waals surface area contributed by atoms with Gasteiger partial charge in [-0.15, -0.1) is 5.10 Å². The highest BCUT2D eigenvalue weighted by atomic mass is 19.1. The van der Waals surface area contributed by atoms with Crippen LogP contribution in [0.3, 0.4) is 0 Å². The van der Waals surface area contributed by atoms with E-state index in [-0.39, 0.29) is 13.0 Å². The van der Waals surface area contributed by atoms with Crippen LogP contribution in [0.15, 0.2) is 36.4 Å². The van der Waals surface area contributed by atoms with Crippen LogP contribution in [0.4, 0.5) is 15.1 Å². The number of ether oxygens (including phenoxy) is 4. The number of carbonyl (C=O) groups is 1. The number of likely N-dealkylation sites (tertiary alicyclic amines) is 1. The maximum atomic E-state index is 14.6. The molecule has 3 heterocycles. The number of hydrogen-bond donors (Lipinski definition) is 1. The Morgan fingerprint density at radius 3 is 2.55 bits per heavy atom. The maximum absolute atomic E-state index is 14.6. The highest BCUT2D eigenvalue weighted by molar-refractivity contribution is 5.96. The number of amides is 1. The fourth-order valence-electron chi connectivity index (χ4n) is 4.77. The van der Waals surface area contributed by atoms with Crippen molar-refractivity contribution in [1.82, 2.24) is 24.5 Å². The Morgan fingerprint density at radius 2 is 1.85 bits per heavy atom. The summed E-state index contributed by atoms with van der Waals surface area (Å²) in [5, 5.41) is 8.75. The number of aromatic nitrogens is 4. The standard InChI is InChI=1S/C28H33FN6O5/c1-28(2,3)40-27(36)34-15-17(29)12-20(34)24-32-25-19-8-7-9-21(38-5)23(19)31-26(35(25)33-24)30-14-16-10-11-18(37-4)13-22(16)39-6/h7-11,13,17,20H,12,14-15H2,1-6H3,(H,30,31)/t17-,20+/m1/s1. The number of para-hydroxylation sites is 1. The van der Waals surface area contributed by atoms with Gasteiger partial charge in [-0.2, -0.15) is 4.52 Å². The molecule has 12 heteroatoms. The van der Waals surface area contributed by atoms with E-state index in [1.807, 2.05) is 30.3 Å². The van der Waals surface area contributed by atoms with Crippen LogP contribution in [-0.2, 0) is 11.3 Å². The number of carbonyl (C=O) groups excluding carboxylic acids is 1. The van der Waals surface area contributed by atoms with Gasteiger partial charge in [-0.25, -0.2) is 19.2 Å². The Labute approximate surface area is 231 Å². The molecule has 0 saturated carbocycles. The molecule has 0 radical (unpaired) electrons. The van der Waals surface area contributed by atoms with Crippen molar-refractivity contribution >= 4 is 28.6 Å². The number of nitrogens with one attached hydrogen (secondary N) is 1. The molecule has 40 heavy (non-hydrogen) atoms. The molecule has 0 unspecified atom stereocenters. The minimum absolute atomic E-state index is 0.0661. The molecule has 1 N–H and O–H groups in total. The summed E-state index contributed by atoms with van der Waals surface area (Å²) in [4.78, 5) is 23.9. The van der Waals surface area contributed by atoms with Crippen molar-refractivity contribution in [1.29, 1.82) is 0 Å². The molecule has 1 fully saturated rings. The molecule has 212 valence electrons. The largest absolute Gasteiger partial charge is 0.497 e. The second-order valence-electron chi connectivity index (χ2n) is 10.5. The van der Waals surface area contributed by atoms with Crippen molar-refractivity contribution < 1.29 is 28.1 Å². The second kappa shape index (κ2) is 10.7. The van der Waals surface area contributed by atoms with Crippen molar-refractivity contribution in [3.8, 4) is 17.2 Å². The third kappa shape index (κ3) is 5.25. The Bertz CT molecular complexity index is 1550. The van der Waals surface area contributed by atoms with Gasteiger partial charge >= 0.3 is 6.09 Å². The zero-order valence-electron chi connectivity index (χ0n) is 23.4. The van der Waals surface area contributed by atoms with E-state index in [9.17, 15) is 9.18 Å². The molecule has 1 saturated heterocycles. The predicted molar refractivity (Wildman–Crippen MR) is 147 cm³/mol. The molecule has 0 aliphatic carbocycles. The zero-order valence-corrected chi connectivity index (χ0v) is 23.4. The lowest BCUT2D eigenvalue weighted by molar-refractivity contribution is 0.0210. The highest BCUT2D eigenvalue weighted by Gasteiger charge is 2.41. The van der Waals surface area contributed by atoms with Gasteiger partial charge in [0.05, 0.1) is 33.9 Å². The summed E-state index contributed by atoms with van der Waals surface area (Å²) in [5.74, 6) is 2.58. The maximum Gasteiger partial charge on any atom is 0.411 e. The lowest BCUT2D eigenvalue weighted by Crippen LogP contribution is -2.37. The number of hydrogen-bond acceptors (Lipinski definition) is 9. The van der Waals surface area contributed by atoms with Crippen molar-refractivity contribution in [3.63, 3.8) is 0 Å². The molecule has 4 aromatic rings. The first kappa shape index (κ1) is 27.2. The molecule has 2 aromatic carbocycles.